The highest BCUT2D eigenvalue weighted by atomic mass is 32.1. The van der Waals surface area contributed by atoms with Crippen molar-refractivity contribution in [1.29, 1.82) is 0 Å². The average Bonchev–Trinajstić information content (AvgIpc) is 2.97. The van der Waals surface area contributed by atoms with Crippen LogP contribution in [-0.2, 0) is 11.2 Å². The maximum Gasteiger partial charge on any atom is 0.412 e. The second-order valence-electron chi connectivity index (χ2n) is 6.18. The SMILES string of the molecule is CCc1nnsc1C(=O)Nc1ccc(F)c(NC(=O)OC(C)(C)C)c1. The van der Waals surface area contributed by atoms with Crippen molar-refractivity contribution in [3.63, 3.8) is 0 Å². The van der Waals surface area contributed by atoms with Gasteiger partial charge in [0, 0.05) is 5.69 Å². The van der Waals surface area contributed by atoms with Gasteiger partial charge in [-0.25, -0.2) is 9.18 Å². The Kier molecular flexibility index (Phi) is 5.68. The van der Waals surface area contributed by atoms with Gasteiger partial charge in [0.1, 0.15) is 16.3 Å². The van der Waals surface area contributed by atoms with Crippen molar-refractivity contribution in [2.75, 3.05) is 10.6 Å². The van der Waals surface area contributed by atoms with Crippen molar-refractivity contribution in [2.24, 2.45) is 0 Å². The van der Waals surface area contributed by atoms with Gasteiger partial charge >= 0.3 is 6.09 Å². The summed E-state index contributed by atoms with van der Waals surface area (Å²) in [5.74, 6) is -1.03. The van der Waals surface area contributed by atoms with Crippen LogP contribution in [0.5, 0.6) is 0 Å². The summed E-state index contributed by atoms with van der Waals surface area (Å²) in [6.07, 6.45) is -0.205. The van der Waals surface area contributed by atoms with Crippen molar-refractivity contribution in [1.82, 2.24) is 9.59 Å². The molecule has 0 radical (unpaired) electrons. The van der Waals surface area contributed by atoms with Gasteiger partial charge in [0.2, 0.25) is 0 Å². The topological polar surface area (TPSA) is 93.2 Å². The molecule has 9 heteroatoms. The zero-order chi connectivity index (χ0) is 18.6. The summed E-state index contributed by atoms with van der Waals surface area (Å²) in [5.41, 5.74) is 0.122. The van der Waals surface area contributed by atoms with Gasteiger partial charge < -0.3 is 10.1 Å². The Morgan fingerprint density at radius 3 is 2.64 bits per heavy atom. The quantitative estimate of drug-likeness (QED) is 0.857. The molecule has 1 aromatic carbocycles. The molecule has 0 bridgehead atoms. The number of benzene rings is 1. The molecule has 0 atom stereocenters. The number of nitrogens with zero attached hydrogens (tertiary/aromatic N) is 2. The van der Waals surface area contributed by atoms with Crippen LogP contribution in [0.2, 0.25) is 0 Å². The minimum absolute atomic E-state index is 0.0924. The molecule has 2 N–H and O–H groups in total. The number of aryl methyl sites for hydroxylation is 1. The number of hydrogen-bond donors (Lipinski definition) is 2. The minimum Gasteiger partial charge on any atom is -0.444 e. The summed E-state index contributed by atoms with van der Waals surface area (Å²) in [4.78, 5) is 24.5. The first kappa shape index (κ1) is 18.8. The molecule has 0 spiro atoms. The van der Waals surface area contributed by atoms with Crippen LogP contribution in [0.3, 0.4) is 0 Å². The van der Waals surface area contributed by atoms with Gasteiger partial charge in [-0.15, -0.1) is 5.10 Å². The summed E-state index contributed by atoms with van der Waals surface area (Å²) in [7, 11) is 0. The van der Waals surface area contributed by atoms with E-state index in [1.165, 1.54) is 12.1 Å². The maximum absolute atomic E-state index is 13.9. The first-order chi connectivity index (χ1) is 11.7. The molecular weight excluding hydrogens is 347 g/mol. The molecular formula is C16H19FN4O3S. The molecule has 1 aromatic heterocycles. The van der Waals surface area contributed by atoms with E-state index in [1.807, 2.05) is 6.92 Å². The number of ether oxygens (including phenoxy) is 1. The van der Waals surface area contributed by atoms with Crippen LogP contribution >= 0.6 is 11.5 Å². The molecule has 134 valence electrons. The smallest absolute Gasteiger partial charge is 0.412 e. The van der Waals surface area contributed by atoms with Crippen LogP contribution in [-0.4, -0.2) is 27.2 Å². The second-order valence-corrected chi connectivity index (χ2v) is 6.93. The highest BCUT2D eigenvalue weighted by Gasteiger charge is 2.19. The van der Waals surface area contributed by atoms with Crippen LogP contribution in [0.1, 0.15) is 43.1 Å². The standard InChI is InChI=1S/C16H19FN4O3S/c1-5-11-13(25-21-20-11)14(22)18-9-6-7-10(17)12(8-9)19-15(23)24-16(2,3)4/h6-8H,5H2,1-4H3,(H,18,22)(H,19,23). The Balaban J connectivity index is 2.13. The first-order valence-corrected chi connectivity index (χ1v) is 8.39. The van der Waals surface area contributed by atoms with Crippen LogP contribution in [0, 0.1) is 5.82 Å². The third-order valence-electron chi connectivity index (χ3n) is 2.96. The Labute approximate surface area is 148 Å². The number of anilines is 2. The summed E-state index contributed by atoms with van der Waals surface area (Å²) in [5, 5.41) is 8.85. The fourth-order valence-corrected chi connectivity index (χ4v) is 2.56. The normalized spacial score (nSPS) is 11.1. The van der Waals surface area contributed by atoms with Gasteiger partial charge in [-0.05, 0) is 56.9 Å². The van der Waals surface area contributed by atoms with E-state index in [4.69, 9.17) is 4.74 Å². The Bertz CT molecular complexity index is 786. The first-order valence-electron chi connectivity index (χ1n) is 7.61. The highest BCUT2D eigenvalue weighted by Crippen LogP contribution is 2.22. The third-order valence-corrected chi connectivity index (χ3v) is 3.72. The van der Waals surface area contributed by atoms with E-state index < -0.39 is 17.5 Å². The molecule has 0 fully saturated rings. The predicted molar refractivity (Wildman–Crippen MR) is 93.5 cm³/mol. The fourth-order valence-electron chi connectivity index (χ4n) is 1.91. The van der Waals surface area contributed by atoms with Gasteiger partial charge in [0.25, 0.3) is 5.91 Å². The molecule has 2 aromatic rings. The van der Waals surface area contributed by atoms with Gasteiger partial charge in [-0.3, -0.25) is 10.1 Å². The van der Waals surface area contributed by atoms with Gasteiger partial charge in [0.05, 0.1) is 11.4 Å². The molecule has 1 heterocycles. The largest absolute Gasteiger partial charge is 0.444 e. The number of carbonyl (C=O) groups is 2. The molecule has 25 heavy (non-hydrogen) atoms. The van der Waals surface area contributed by atoms with E-state index >= 15 is 0 Å². The zero-order valence-electron chi connectivity index (χ0n) is 14.3. The molecule has 0 unspecified atom stereocenters. The van der Waals surface area contributed by atoms with Crippen molar-refractivity contribution in [2.45, 2.75) is 39.7 Å². The summed E-state index contributed by atoms with van der Waals surface area (Å²) >= 11 is 0.989. The van der Waals surface area contributed by atoms with Gasteiger partial charge in [-0.1, -0.05) is 11.4 Å². The predicted octanol–water partition coefficient (Wildman–Crippen LogP) is 3.84. The zero-order valence-corrected chi connectivity index (χ0v) is 15.2. The van der Waals surface area contributed by atoms with E-state index in [0.717, 1.165) is 17.6 Å². The number of rotatable bonds is 4. The molecule has 2 rings (SSSR count). The van der Waals surface area contributed by atoms with Crippen LogP contribution in [0.25, 0.3) is 0 Å². The molecule has 0 saturated carbocycles. The van der Waals surface area contributed by atoms with Crippen LogP contribution < -0.4 is 10.6 Å². The average molecular weight is 366 g/mol. The number of hydrogen-bond acceptors (Lipinski definition) is 6. The molecule has 0 saturated heterocycles. The second kappa shape index (κ2) is 7.56. The molecule has 7 nitrogen and oxygen atoms in total. The van der Waals surface area contributed by atoms with E-state index in [-0.39, 0.29) is 11.6 Å². The fraction of sp³-hybridized carbons (Fsp3) is 0.375. The van der Waals surface area contributed by atoms with Crippen LogP contribution in [0.15, 0.2) is 18.2 Å². The number of halogens is 1. The summed E-state index contributed by atoms with van der Waals surface area (Å²) in [6.45, 7) is 6.98. The number of nitrogens with one attached hydrogen (secondary N) is 2. The van der Waals surface area contributed by atoms with E-state index in [2.05, 4.69) is 20.2 Å². The third kappa shape index (κ3) is 5.21. The Morgan fingerprint density at radius 2 is 2.00 bits per heavy atom. The number of aromatic nitrogens is 2. The molecule has 2 amide bonds. The van der Waals surface area contributed by atoms with E-state index in [1.54, 1.807) is 20.8 Å². The minimum atomic E-state index is -0.783. The van der Waals surface area contributed by atoms with Gasteiger partial charge in [-0.2, -0.15) is 0 Å². The number of carbonyl (C=O) groups excluding carboxylic acids is 2. The Hall–Kier alpha value is -2.55. The lowest BCUT2D eigenvalue weighted by molar-refractivity contribution is 0.0635. The monoisotopic (exact) mass is 366 g/mol. The Morgan fingerprint density at radius 1 is 1.28 bits per heavy atom. The van der Waals surface area contributed by atoms with Crippen LogP contribution in [0.4, 0.5) is 20.6 Å². The maximum atomic E-state index is 13.9. The van der Waals surface area contributed by atoms with Crippen molar-refractivity contribution < 1.29 is 18.7 Å². The molecule has 0 aliphatic heterocycles. The highest BCUT2D eigenvalue weighted by molar-refractivity contribution is 7.08. The number of amides is 2. The molecule has 0 aliphatic carbocycles. The lowest BCUT2D eigenvalue weighted by Crippen LogP contribution is -2.27. The van der Waals surface area contributed by atoms with E-state index in [0.29, 0.717) is 22.7 Å². The summed E-state index contributed by atoms with van der Waals surface area (Å²) in [6, 6.07) is 3.86. The molecule has 0 aliphatic rings. The van der Waals surface area contributed by atoms with Crippen molar-refractivity contribution >= 4 is 34.9 Å². The van der Waals surface area contributed by atoms with Gasteiger partial charge in [0.15, 0.2) is 0 Å². The lowest BCUT2D eigenvalue weighted by Gasteiger charge is -2.20. The van der Waals surface area contributed by atoms with Crippen molar-refractivity contribution in [3.05, 3.63) is 34.6 Å². The summed E-state index contributed by atoms with van der Waals surface area (Å²) < 4.78 is 22.7. The lowest BCUT2D eigenvalue weighted by atomic mass is 10.2. The van der Waals surface area contributed by atoms with Crippen molar-refractivity contribution in [3.8, 4) is 0 Å². The van der Waals surface area contributed by atoms with E-state index in [9.17, 15) is 14.0 Å².